The van der Waals surface area contributed by atoms with Gasteiger partial charge in [0.05, 0.1) is 20.4 Å². The molecule has 100 valence electrons. The van der Waals surface area contributed by atoms with Crippen LogP contribution < -0.4 is 14.8 Å². The number of nitrogens with zero attached hydrogens (tertiary/aromatic N) is 2. The topological polar surface area (TPSA) is 80.2 Å². The van der Waals surface area contributed by atoms with Crippen molar-refractivity contribution in [1.82, 2.24) is 10.3 Å². The lowest BCUT2D eigenvalue weighted by molar-refractivity contribution is -0.118. The van der Waals surface area contributed by atoms with Crippen molar-refractivity contribution in [3.63, 3.8) is 0 Å². The Hall–Kier alpha value is -2.57. The van der Waals surface area contributed by atoms with Gasteiger partial charge in [0.15, 0.2) is 0 Å². The standard InChI is InChI=1S/C12H13N3O4/c1-18-9-3-8(4-10(5-9)19-2)6-13-15-7-11(16)14-12(15)17/h3-6H,7H2,1-2H3,(H,14,16,17)/b13-6+. The summed E-state index contributed by atoms with van der Waals surface area (Å²) in [5, 5.41) is 7.12. The number of benzene rings is 1. The van der Waals surface area contributed by atoms with Crippen LogP contribution in [0.15, 0.2) is 23.3 Å². The highest BCUT2D eigenvalue weighted by molar-refractivity contribution is 6.02. The SMILES string of the molecule is COc1cc(/C=N/N2CC(=O)NC2=O)cc(OC)c1. The van der Waals surface area contributed by atoms with Gasteiger partial charge in [-0.25, -0.2) is 9.80 Å². The smallest absolute Gasteiger partial charge is 0.344 e. The molecule has 1 aromatic carbocycles. The van der Waals surface area contributed by atoms with E-state index in [0.29, 0.717) is 17.1 Å². The number of methoxy groups -OCH3 is 2. The molecule has 0 spiro atoms. The average molecular weight is 263 g/mol. The van der Waals surface area contributed by atoms with E-state index in [0.717, 1.165) is 5.01 Å². The first-order chi connectivity index (χ1) is 9.12. The van der Waals surface area contributed by atoms with E-state index >= 15 is 0 Å². The number of nitrogens with one attached hydrogen (secondary N) is 1. The maximum Gasteiger partial charge on any atom is 0.344 e. The lowest BCUT2D eigenvalue weighted by Crippen LogP contribution is -2.24. The molecule has 0 radical (unpaired) electrons. The fourth-order valence-corrected chi connectivity index (χ4v) is 1.56. The summed E-state index contributed by atoms with van der Waals surface area (Å²) in [6.45, 7) is -0.0730. The highest BCUT2D eigenvalue weighted by atomic mass is 16.5. The molecule has 1 fully saturated rings. The Kier molecular flexibility index (Phi) is 3.65. The van der Waals surface area contributed by atoms with E-state index in [2.05, 4.69) is 10.4 Å². The zero-order valence-electron chi connectivity index (χ0n) is 10.5. The molecule has 1 aliphatic rings. The summed E-state index contributed by atoms with van der Waals surface area (Å²) < 4.78 is 10.2. The summed E-state index contributed by atoms with van der Waals surface area (Å²) >= 11 is 0. The predicted octanol–water partition coefficient (Wildman–Crippen LogP) is 0.589. The minimum Gasteiger partial charge on any atom is -0.497 e. The molecule has 0 aliphatic carbocycles. The molecule has 0 saturated carbocycles. The van der Waals surface area contributed by atoms with E-state index in [-0.39, 0.29) is 12.5 Å². The number of hydrogen-bond acceptors (Lipinski definition) is 5. The fourth-order valence-electron chi connectivity index (χ4n) is 1.56. The van der Waals surface area contributed by atoms with Crippen molar-refractivity contribution in [3.8, 4) is 11.5 Å². The van der Waals surface area contributed by atoms with Gasteiger partial charge in [-0.3, -0.25) is 10.1 Å². The van der Waals surface area contributed by atoms with Crippen molar-refractivity contribution >= 4 is 18.2 Å². The van der Waals surface area contributed by atoms with Crippen LogP contribution in [0.25, 0.3) is 0 Å². The highest BCUT2D eigenvalue weighted by Gasteiger charge is 2.25. The zero-order valence-corrected chi connectivity index (χ0v) is 10.5. The first kappa shape index (κ1) is 12.9. The van der Waals surface area contributed by atoms with Crippen LogP contribution in [0.2, 0.25) is 0 Å². The van der Waals surface area contributed by atoms with E-state index in [1.54, 1.807) is 32.4 Å². The molecular weight excluding hydrogens is 250 g/mol. The number of carbonyl (C=O) groups excluding carboxylic acids is 2. The van der Waals surface area contributed by atoms with E-state index in [4.69, 9.17) is 9.47 Å². The molecule has 7 heteroatoms. The van der Waals surface area contributed by atoms with Gasteiger partial charge in [-0.1, -0.05) is 0 Å². The second kappa shape index (κ2) is 5.38. The van der Waals surface area contributed by atoms with Crippen molar-refractivity contribution in [2.24, 2.45) is 5.10 Å². The largest absolute Gasteiger partial charge is 0.497 e. The van der Waals surface area contributed by atoms with E-state index in [1.807, 2.05) is 0 Å². The Bertz CT molecular complexity index is 520. The first-order valence-corrected chi connectivity index (χ1v) is 5.51. The van der Waals surface area contributed by atoms with Gasteiger partial charge < -0.3 is 9.47 Å². The number of hydrogen-bond donors (Lipinski definition) is 1. The summed E-state index contributed by atoms with van der Waals surface area (Å²) in [7, 11) is 3.09. The van der Waals surface area contributed by atoms with Crippen LogP contribution in [0.3, 0.4) is 0 Å². The minimum absolute atomic E-state index is 0.0730. The molecule has 3 amide bonds. The molecule has 1 aliphatic heterocycles. The molecular formula is C12H13N3O4. The van der Waals surface area contributed by atoms with Crippen LogP contribution in [0.1, 0.15) is 5.56 Å². The summed E-state index contributed by atoms with van der Waals surface area (Å²) in [5.74, 6) is 0.857. The van der Waals surface area contributed by atoms with Crippen LogP contribution in [0.5, 0.6) is 11.5 Å². The van der Waals surface area contributed by atoms with E-state index in [1.165, 1.54) is 6.21 Å². The zero-order chi connectivity index (χ0) is 13.8. The van der Waals surface area contributed by atoms with Gasteiger partial charge in [-0.2, -0.15) is 5.10 Å². The van der Waals surface area contributed by atoms with Crippen molar-refractivity contribution in [2.75, 3.05) is 20.8 Å². The Labute approximate surface area is 109 Å². The van der Waals surface area contributed by atoms with Crippen LogP contribution in [0.4, 0.5) is 4.79 Å². The van der Waals surface area contributed by atoms with E-state index in [9.17, 15) is 9.59 Å². The van der Waals surface area contributed by atoms with Crippen molar-refractivity contribution in [3.05, 3.63) is 23.8 Å². The van der Waals surface area contributed by atoms with Gasteiger partial charge in [0.1, 0.15) is 18.0 Å². The van der Waals surface area contributed by atoms with Crippen LogP contribution in [-0.2, 0) is 4.79 Å². The van der Waals surface area contributed by atoms with Crippen molar-refractivity contribution < 1.29 is 19.1 Å². The number of imide groups is 1. The second-order valence-electron chi connectivity index (χ2n) is 3.80. The van der Waals surface area contributed by atoms with Crippen LogP contribution in [0, 0.1) is 0 Å². The molecule has 0 bridgehead atoms. The van der Waals surface area contributed by atoms with Gasteiger partial charge in [-0.05, 0) is 12.1 Å². The maximum atomic E-state index is 11.3. The van der Waals surface area contributed by atoms with Crippen molar-refractivity contribution in [2.45, 2.75) is 0 Å². The number of amides is 3. The first-order valence-electron chi connectivity index (χ1n) is 5.51. The molecule has 0 unspecified atom stereocenters. The summed E-state index contributed by atoms with van der Waals surface area (Å²) in [5.41, 5.74) is 0.698. The monoisotopic (exact) mass is 263 g/mol. The summed E-state index contributed by atoms with van der Waals surface area (Å²) in [6.07, 6.45) is 1.46. The number of ether oxygens (including phenoxy) is 2. The maximum absolute atomic E-state index is 11.3. The molecule has 1 saturated heterocycles. The lowest BCUT2D eigenvalue weighted by atomic mass is 10.2. The Morgan fingerprint density at radius 1 is 1.21 bits per heavy atom. The molecule has 1 aromatic rings. The van der Waals surface area contributed by atoms with Gasteiger partial charge in [-0.15, -0.1) is 0 Å². The summed E-state index contributed by atoms with van der Waals surface area (Å²) in [4.78, 5) is 22.3. The third kappa shape index (κ3) is 3.01. The normalized spacial score (nSPS) is 14.9. The van der Waals surface area contributed by atoms with Gasteiger partial charge in [0, 0.05) is 11.6 Å². The number of urea groups is 1. The minimum atomic E-state index is -0.531. The average Bonchev–Trinajstić information content (AvgIpc) is 2.74. The predicted molar refractivity (Wildman–Crippen MR) is 67.4 cm³/mol. The van der Waals surface area contributed by atoms with Gasteiger partial charge in [0.25, 0.3) is 0 Å². The summed E-state index contributed by atoms with van der Waals surface area (Å²) in [6, 6.07) is 4.67. The molecule has 1 N–H and O–H groups in total. The second-order valence-corrected chi connectivity index (χ2v) is 3.80. The fraction of sp³-hybridized carbons (Fsp3) is 0.250. The highest BCUT2D eigenvalue weighted by Crippen LogP contribution is 2.21. The third-order valence-electron chi connectivity index (χ3n) is 2.49. The molecule has 7 nitrogen and oxygen atoms in total. The van der Waals surface area contributed by atoms with Gasteiger partial charge in [0.2, 0.25) is 5.91 Å². The van der Waals surface area contributed by atoms with Crippen LogP contribution in [-0.4, -0.2) is 43.9 Å². The molecule has 0 atom stereocenters. The Morgan fingerprint density at radius 3 is 2.32 bits per heavy atom. The van der Waals surface area contributed by atoms with Gasteiger partial charge >= 0.3 is 6.03 Å². The quantitative estimate of drug-likeness (QED) is 0.637. The number of rotatable bonds is 4. The van der Waals surface area contributed by atoms with Crippen LogP contribution >= 0.6 is 0 Å². The Morgan fingerprint density at radius 2 is 1.84 bits per heavy atom. The Balaban J connectivity index is 2.18. The molecule has 0 aromatic heterocycles. The van der Waals surface area contributed by atoms with Crippen molar-refractivity contribution in [1.29, 1.82) is 0 Å². The third-order valence-corrected chi connectivity index (χ3v) is 2.49. The lowest BCUT2D eigenvalue weighted by Gasteiger charge is -2.07. The number of hydrazone groups is 1. The molecule has 19 heavy (non-hydrogen) atoms. The van der Waals surface area contributed by atoms with E-state index < -0.39 is 6.03 Å². The molecule has 2 rings (SSSR count). The molecule has 1 heterocycles. The number of carbonyl (C=O) groups is 2.